The highest BCUT2D eigenvalue weighted by Crippen LogP contribution is 2.38. The first-order valence-corrected chi connectivity index (χ1v) is 6.09. The normalized spacial score (nSPS) is 29.9. The Morgan fingerprint density at radius 3 is 2.81 bits per heavy atom. The Bertz CT molecular complexity index is 284. The third kappa shape index (κ3) is 2.54. The van der Waals surface area contributed by atoms with Gasteiger partial charge >= 0.3 is 0 Å². The number of rotatable bonds is 5. The van der Waals surface area contributed by atoms with Crippen LogP contribution in [0.2, 0.25) is 0 Å². The lowest BCUT2D eigenvalue weighted by Gasteiger charge is -2.27. The van der Waals surface area contributed by atoms with E-state index in [2.05, 4.69) is 11.0 Å². The summed E-state index contributed by atoms with van der Waals surface area (Å²) in [4.78, 5) is 2.32. The summed E-state index contributed by atoms with van der Waals surface area (Å²) in [7, 11) is 1.75. The molecule has 4 nitrogen and oxygen atoms in total. The Hall–Kier alpha value is -0.630. The van der Waals surface area contributed by atoms with E-state index in [1.54, 1.807) is 7.11 Å². The van der Waals surface area contributed by atoms with E-state index in [9.17, 15) is 5.26 Å². The zero-order chi connectivity index (χ0) is 11.6. The molecule has 0 spiro atoms. The van der Waals surface area contributed by atoms with Crippen molar-refractivity contribution >= 4 is 0 Å². The van der Waals surface area contributed by atoms with Gasteiger partial charge in [0.15, 0.2) is 0 Å². The smallest absolute Gasteiger partial charge is 0.119 e. The van der Waals surface area contributed by atoms with Crippen LogP contribution in [0.1, 0.15) is 19.3 Å². The third-order valence-corrected chi connectivity index (χ3v) is 3.77. The van der Waals surface area contributed by atoms with Gasteiger partial charge < -0.3 is 15.4 Å². The minimum absolute atomic E-state index is 0.430. The maximum absolute atomic E-state index is 9.20. The maximum Gasteiger partial charge on any atom is 0.119 e. The molecule has 0 bridgehead atoms. The molecule has 2 atom stereocenters. The molecule has 4 heteroatoms. The zero-order valence-corrected chi connectivity index (χ0v) is 9.98. The fraction of sp³-hybridized carbons (Fsp3) is 0.917. The van der Waals surface area contributed by atoms with Crippen LogP contribution in [0.3, 0.4) is 0 Å². The van der Waals surface area contributed by atoms with Crippen LogP contribution in [-0.4, -0.2) is 43.8 Å². The van der Waals surface area contributed by atoms with E-state index < -0.39 is 5.54 Å². The highest BCUT2D eigenvalue weighted by molar-refractivity contribution is 5.15. The molecule has 0 aromatic carbocycles. The monoisotopic (exact) mass is 223 g/mol. The highest BCUT2D eigenvalue weighted by Gasteiger charge is 2.44. The van der Waals surface area contributed by atoms with Crippen LogP contribution in [0.5, 0.6) is 0 Å². The summed E-state index contributed by atoms with van der Waals surface area (Å²) in [6.45, 7) is 3.64. The Morgan fingerprint density at radius 2 is 2.25 bits per heavy atom. The first-order chi connectivity index (χ1) is 7.68. The Labute approximate surface area is 97.3 Å². The molecule has 1 aliphatic heterocycles. The topological polar surface area (TPSA) is 62.3 Å². The van der Waals surface area contributed by atoms with E-state index in [4.69, 9.17) is 10.5 Å². The van der Waals surface area contributed by atoms with E-state index in [1.807, 2.05) is 0 Å². The van der Waals surface area contributed by atoms with E-state index in [1.165, 1.54) is 6.42 Å². The number of hydrogen-bond donors (Lipinski definition) is 1. The van der Waals surface area contributed by atoms with Crippen molar-refractivity contribution in [1.29, 1.82) is 5.26 Å². The molecule has 16 heavy (non-hydrogen) atoms. The lowest BCUT2D eigenvalue weighted by atomic mass is 9.96. The average Bonchev–Trinajstić information content (AvgIpc) is 3.04. The fourth-order valence-corrected chi connectivity index (χ4v) is 2.65. The number of hydrogen-bond acceptors (Lipinski definition) is 4. The zero-order valence-electron chi connectivity index (χ0n) is 9.98. The lowest BCUT2D eigenvalue weighted by molar-refractivity contribution is 0.150. The van der Waals surface area contributed by atoms with Crippen LogP contribution < -0.4 is 5.73 Å². The van der Waals surface area contributed by atoms with E-state index in [0.717, 1.165) is 39.1 Å². The van der Waals surface area contributed by atoms with Crippen molar-refractivity contribution < 1.29 is 4.74 Å². The number of likely N-dealkylation sites (tertiary alicyclic amines) is 1. The van der Waals surface area contributed by atoms with Crippen molar-refractivity contribution in [2.24, 2.45) is 17.6 Å². The fourth-order valence-electron chi connectivity index (χ4n) is 2.65. The number of nitrogens with two attached hydrogens (primary N) is 1. The molecule has 2 fully saturated rings. The van der Waals surface area contributed by atoms with E-state index in [0.29, 0.717) is 11.8 Å². The standard InChI is InChI=1S/C12H21N3O/c1-16-7-10-4-5-15(6-10)9-12(14,8-13)11-2-3-11/h10-11H,2-7,9,14H2,1H3. The molecule has 90 valence electrons. The van der Waals surface area contributed by atoms with Gasteiger partial charge in [0.2, 0.25) is 0 Å². The second-order valence-electron chi connectivity index (χ2n) is 5.27. The summed E-state index contributed by atoms with van der Waals surface area (Å²) < 4.78 is 5.17. The second kappa shape index (κ2) is 4.70. The van der Waals surface area contributed by atoms with Crippen molar-refractivity contribution in [3.63, 3.8) is 0 Å². The molecule has 0 amide bonds. The summed E-state index contributed by atoms with van der Waals surface area (Å²) in [5.41, 5.74) is 5.56. The summed E-state index contributed by atoms with van der Waals surface area (Å²) in [5, 5.41) is 9.20. The van der Waals surface area contributed by atoms with Gasteiger partial charge in [0.25, 0.3) is 0 Å². The summed E-state index contributed by atoms with van der Waals surface area (Å²) in [5.74, 6) is 1.05. The van der Waals surface area contributed by atoms with Crippen LogP contribution in [0.4, 0.5) is 0 Å². The van der Waals surface area contributed by atoms with Crippen LogP contribution in [0, 0.1) is 23.2 Å². The van der Waals surface area contributed by atoms with Gasteiger partial charge in [-0.25, -0.2) is 0 Å². The van der Waals surface area contributed by atoms with Crippen molar-refractivity contribution in [2.45, 2.75) is 24.8 Å². The molecule has 1 heterocycles. The Kier molecular flexibility index (Phi) is 3.48. The Morgan fingerprint density at radius 1 is 1.50 bits per heavy atom. The van der Waals surface area contributed by atoms with Crippen LogP contribution in [-0.2, 0) is 4.74 Å². The number of nitriles is 1. The maximum atomic E-state index is 9.20. The van der Waals surface area contributed by atoms with E-state index in [-0.39, 0.29) is 0 Å². The van der Waals surface area contributed by atoms with Crippen molar-refractivity contribution in [3.05, 3.63) is 0 Å². The minimum Gasteiger partial charge on any atom is -0.384 e. The van der Waals surface area contributed by atoms with Crippen molar-refractivity contribution in [1.82, 2.24) is 4.90 Å². The molecule has 1 aliphatic carbocycles. The lowest BCUT2D eigenvalue weighted by Crippen LogP contribution is -2.50. The highest BCUT2D eigenvalue weighted by atomic mass is 16.5. The van der Waals surface area contributed by atoms with Gasteiger partial charge in [-0.05, 0) is 37.6 Å². The molecule has 0 aromatic heterocycles. The van der Waals surface area contributed by atoms with Gasteiger partial charge in [0, 0.05) is 20.2 Å². The molecule has 0 radical (unpaired) electrons. The van der Waals surface area contributed by atoms with E-state index >= 15 is 0 Å². The van der Waals surface area contributed by atoms with Gasteiger partial charge in [0.05, 0.1) is 12.7 Å². The van der Waals surface area contributed by atoms with Gasteiger partial charge in [-0.3, -0.25) is 0 Å². The predicted molar refractivity (Wildman–Crippen MR) is 61.7 cm³/mol. The summed E-state index contributed by atoms with van der Waals surface area (Å²) in [6.07, 6.45) is 3.42. The predicted octanol–water partition coefficient (Wildman–Crippen LogP) is 0.586. The number of methoxy groups -OCH3 is 1. The molecular formula is C12H21N3O. The van der Waals surface area contributed by atoms with Gasteiger partial charge in [-0.2, -0.15) is 5.26 Å². The van der Waals surface area contributed by atoms with Gasteiger partial charge in [-0.1, -0.05) is 0 Å². The number of nitrogens with zero attached hydrogens (tertiary/aromatic N) is 2. The third-order valence-electron chi connectivity index (χ3n) is 3.77. The van der Waals surface area contributed by atoms with Crippen LogP contribution >= 0.6 is 0 Å². The molecule has 2 rings (SSSR count). The largest absolute Gasteiger partial charge is 0.384 e. The molecule has 0 aromatic rings. The summed E-state index contributed by atoms with van der Waals surface area (Å²) >= 11 is 0. The quantitative estimate of drug-likeness (QED) is 0.741. The first kappa shape index (κ1) is 11.8. The Balaban J connectivity index is 1.84. The molecule has 1 saturated heterocycles. The van der Waals surface area contributed by atoms with Crippen molar-refractivity contribution in [3.8, 4) is 6.07 Å². The average molecular weight is 223 g/mol. The SMILES string of the molecule is COCC1CCN(CC(N)(C#N)C2CC2)C1. The van der Waals surface area contributed by atoms with Crippen molar-refractivity contribution in [2.75, 3.05) is 33.4 Å². The van der Waals surface area contributed by atoms with Crippen LogP contribution in [0.15, 0.2) is 0 Å². The second-order valence-corrected chi connectivity index (χ2v) is 5.27. The number of ether oxygens (including phenoxy) is 1. The minimum atomic E-state index is -0.609. The van der Waals surface area contributed by atoms with Gasteiger partial charge in [-0.15, -0.1) is 0 Å². The molecule has 2 aliphatic rings. The molecule has 1 saturated carbocycles. The van der Waals surface area contributed by atoms with Crippen LogP contribution in [0.25, 0.3) is 0 Å². The first-order valence-electron chi connectivity index (χ1n) is 6.09. The molecule has 2 N–H and O–H groups in total. The van der Waals surface area contributed by atoms with Gasteiger partial charge in [0.1, 0.15) is 5.54 Å². The summed E-state index contributed by atoms with van der Waals surface area (Å²) in [6, 6.07) is 2.32. The molecule has 2 unspecified atom stereocenters. The molecular weight excluding hydrogens is 202 g/mol.